The van der Waals surface area contributed by atoms with E-state index in [0.717, 1.165) is 29.4 Å². The lowest BCUT2D eigenvalue weighted by atomic mass is 10.2. The number of hydrogen-bond acceptors (Lipinski definition) is 7. The van der Waals surface area contributed by atoms with Gasteiger partial charge in [0.05, 0.1) is 10.6 Å². The van der Waals surface area contributed by atoms with Crippen LogP contribution in [-0.2, 0) is 0 Å². The lowest BCUT2D eigenvalue weighted by Gasteiger charge is -2.25. The van der Waals surface area contributed by atoms with Gasteiger partial charge >= 0.3 is 6.03 Å². The van der Waals surface area contributed by atoms with Crippen LogP contribution in [0.1, 0.15) is 35.6 Å². The van der Waals surface area contributed by atoms with Gasteiger partial charge in [0.25, 0.3) is 5.91 Å². The molecule has 0 saturated carbocycles. The first-order valence-corrected chi connectivity index (χ1v) is 13.4. The van der Waals surface area contributed by atoms with E-state index in [4.69, 9.17) is 23.2 Å². The quantitative estimate of drug-likeness (QED) is 0.272. The van der Waals surface area contributed by atoms with Crippen molar-refractivity contribution in [3.8, 4) is 0 Å². The van der Waals surface area contributed by atoms with Gasteiger partial charge in [0.1, 0.15) is 0 Å². The van der Waals surface area contributed by atoms with E-state index in [9.17, 15) is 9.59 Å². The molecule has 0 aliphatic carbocycles. The fourth-order valence-corrected chi connectivity index (χ4v) is 4.62. The molecular weight excluding hydrogens is 531 g/mol. The minimum absolute atomic E-state index is 0.194. The molecule has 0 atom stereocenters. The third-order valence-electron chi connectivity index (χ3n) is 5.53. The summed E-state index contributed by atoms with van der Waals surface area (Å²) in [4.78, 5) is 39.5. The molecule has 3 rings (SSSR count). The van der Waals surface area contributed by atoms with Gasteiger partial charge < -0.3 is 10.2 Å². The number of nitrogens with zero attached hydrogens (tertiary/aromatic N) is 4. The summed E-state index contributed by atoms with van der Waals surface area (Å²) in [5.41, 5.74) is 2.54. The fourth-order valence-electron chi connectivity index (χ4n) is 3.56. The van der Waals surface area contributed by atoms with E-state index in [1.807, 2.05) is 45.9 Å². The van der Waals surface area contributed by atoms with Gasteiger partial charge in [-0.25, -0.2) is 14.8 Å². The second kappa shape index (κ2) is 13.6. The van der Waals surface area contributed by atoms with Crippen LogP contribution in [0.15, 0.2) is 53.4 Å². The maximum Gasteiger partial charge on any atom is 0.328 e. The summed E-state index contributed by atoms with van der Waals surface area (Å²) in [6.45, 7) is 10.3. The number of carbonyl (C=O) groups is 2. The maximum atomic E-state index is 13.3. The summed E-state index contributed by atoms with van der Waals surface area (Å²) in [6.07, 6.45) is 0. The van der Waals surface area contributed by atoms with Crippen LogP contribution in [-0.4, -0.2) is 57.9 Å². The molecular formula is C26H30Cl2N6O2S. The van der Waals surface area contributed by atoms with E-state index in [0.29, 0.717) is 23.2 Å². The van der Waals surface area contributed by atoms with Crippen LogP contribution in [0.5, 0.6) is 0 Å². The van der Waals surface area contributed by atoms with Crippen molar-refractivity contribution in [3.05, 3.63) is 75.5 Å². The second-order valence-corrected chi connectivity index (χ2v) is 9.96. The maximum absolute atomic E-state index is 13.3. The molecule has 0 unspecified atom stereocenters. The van der Waals surface area contributed by atoms with Crippen LogP contribution < -0.4 is 10.0 Å². The average Bonchev–Trinajstić information content (AvgIpc) is 2.85. The third kappa shape index (κ3) is 8.33. The Labute approximate surface area is 231 Å². The summed E-state index contributed by atoms with van der Waals surface area (Å²) in [5.74, 6) is 0.0410. The van der Waals surface area contributed by atoms with Crippen LogP contribution in [0, 0.1) is 13.8 Å². The van der Waals surface area contributed by atoms with E-state index in [1.54, 1.807) is 18.2 Å². The van der Waals surface area contributed by atoms with Crippen LogP contribution in [0.4, 0.5) is 16.4 Å². The molecule has 37 heavy (non-hydrogen) atoms. The molecule has 2 aromatic carbocycles. The number of hydrogen-bond donors (Lipinski definition) is 2. The van der Waals surface area contributed by atoms with Crippen molar-refractivity contribution < 1.29 is 9.59 Å². The Morgan fingerprint density at radius 2 is 1.57 bits per heavy atom. The standard InChI is InChI=1S/C26H30Cl2N6O2S/c1-5-33(6-2)13-14-34(24(35)22-12-7-19(27)16-23(22)28)26(36)31-20-8-10-21(11-9-20)37-32-25-29-17(3)15-18(4)30-25/h7-12,15-16H,5-6,13-14H2,1-4H3,(H,31,36)(H,29,30,32). The number of benzene rings is 2. The van der Waals surface area contributed by atoms with E-state index in [1.165, 1.54) is 29.0 Å². The zero-order valence-electron chi connectivity index (χ0n) is 21.2. The summed E-state index contributed by atoms with van der Waals surface area (Å²) < 4.78 is 3.13. The van der Waals surface area contributed by atoms with E-state index < -0.39 is 11.9 Å². The number of halogens is 2. The van der Waals surface area contributed by atoms with Gasteiger partial charge in [-0.3, -0.25) is 14.4 Å². The number of amides is 3. The molecule has 11 heteroatoms. The van der Waals surface area contributed by atoms with E-state index in [2.05, 4.69) is 24.9 Å². The van der Waals surface area contributed by atoms with Crippen LogP contribution in [0.2, 0.25) is 10.0 Å². The van der Waals surface area contributed by atoms with Crippen LogP contribution >= 0.6 is 35.1 Å². The zero-order valence-corrected chi connectivity index (χ0v) is 23.5. The summed E-state index contributed by atoms with van der Waals surface area (Å²) >= 11 is 13.6. The molecule has 0 saturated heterocycles. The Bertz CT molecular complexity index is 1220. The van der Waals surface area contributed by atoms with Crippen molar-refractivity contribution in [2.24, 2.45) is 0 Å². The molecule has 3 aromatic rings. The van der Waals surface area contributed by atoms with Crippen LogP contribution in [0.3, 0.4) is 0 Å². The molecule has 3 amide bonds. The van der Waals surface area contributed by atoms with Crippen molar-refractivity contribution in [3.63, 3.8) is 0 Å². The molecule has 196 valence electrons. The lowest BCUT2D eigenvalue weighted by Crippen LogP contribution is -2.44. The minimum Gasteiger partial charge on any atom is -0.307 e. The van der Waals surface area contributed by atoms with Crippen molar-refractivity contribution in [1.82, 2.24) is 19.8 Å². The summed E-state index contributed by atoms with van der Waals surface area (Å²) in [7, 11) is 0. The molecule has 8 nitrogen and oxygen atoms in total. The number of nitrogens with one attached hydrogen (secondary N) is 2. The molecule has 2 N–H and O–H groups in total. The molecule has 0 fully saturated rings. The van der Waals surface area contributed by atoms with Gasteiger partial charge in [-0.2, -0.15) is 0 Å². The summed E-state index contributed by atoms with van der Waals surface area (Å²) in [6, 6.07) is 13.2. The first kappa shape index (κ1) is 28.7. The molecule has 0 spiro atoms. The van der Waals surface area contributed by atoms with Crippen molar-refractivity contribution in [2.75, 3.05) is 36.2 Å². The number of likely N-dealkylation sites (N-methyl/N-ethyl adjacent to an activating group) is 1. The van der Waals surface area contributed by atoms with E-state index >= 15 is 0 Å². The van der Waals surface area contributed by atoms with Crippen LogP contribution in [0.25, 0.3) is 0 Å². The van der Waals surface area contributed by atoms with Crippen molar-refractivity contribution in [2.45, 2.75) is 32.6 Å². The fraction of sp³-hybridized carbons (Fsp3) is 0.308. The van der Waals surface area contributed by atoms with Gasteiger partial charge in [-0.1, -0.05) is 37.0 Å². The number of aryl methyl sites for hydroxylation is 2. The average molecular weight is 562 g/mol. The Kier molecular flexibility index (Phi) is 10.6. The predicted octanol–water partition coefficient (Wildman–Crippen LogP) is 6.54. The van der Waals surface area contributed by atoms with Gasteiger partial charge in [0.15, 0.2) is 0 Å². The third-order valence-corrected chi connectivity index (χ3v) is 6.87. The minimum atomic E-state index is -0.537. The molecule has 1 heterocycles. The number of urea groups is 1. The molecule has 0 radical (unpaired) electrons. The Morgan fingerprint density at radius 3 is 2.16 bits per heavy atom. The van der Waals surface area contributed by atoms with E-state index in [-0.39, 0.29) is 17.1 Å². The highest BCUT2D eigenvalue weighted by molar-refractivity contribution is 8.00. The molecule has 0 aliphatic rings. The largest absolute Gasteiger partial charge is 0.328 e. The first-order valence-electron chi connectivity index (χ1n) is 11.9. The monoisotopic (exact) mass is 560 g/mol. The number of rotatable bonds is 10. The molecule has 1 aromatic heterocycles. The highest BCUT2D eigenvalue weighted by Crippen LogP contribution is 2.24. The van der Waals surface area contributed by atoms with Gasteiger partial charge in [-0.15, -0.1) is 0 Å². The number of aromatic nitrogens is 2. The smallest absolute Gasteiger partial charge is 0.307 e. The first-order chi connectivity index (χ1) is 17.7. The SMILES string of the molecule is CCN(CC)CCN(C(=O)Nc1ccc(SNc2nc(C)cc(C)n2)cc1)C(=O)c1ccc(Cl)cc1Cl. The zero-order chi connectivity index (χ0) is 26.9. The summed E-state index contributed by atoms with van der Waals surface area (Å²) in [5, 5.41) is 3.43. The predicted molar refractivity (Wildman–Crippen MR) is 152 cm³/mol. The normalized spacial score (nSPS) is 10.9. The van der Waals surface area contributed by atoms with Crippen molar-refractivity contribution >= 4 is 58.7 Å². The number of anilines is 2. The van der Waals surface area contributed by atoms with Crippen molar-refractivity contribution in [1.29, 1.82) is 0 Å². The Morgan fingerprint density at radius 1 is 0.919 bits per heavy atom. The highest BCUT2D eigenvalue weighted by Gasteiger charge is 2.25. The molecule has 0 aliphatic heterocycles. The van der Waals surface area contributed by atoms with Gasteiger partial charge in [0, 0.05) is 40.1 Å². The topological polar surface area (TPSA) is 90.5 Å². The lowest BCUT2D eigenvalue weighted by molar-refractivity contribution is 0.0798. The Hall–Kier alpha value is -2.85. The van der Waals surface area contributed by atoms with Gasteiger partial charge in [0.2, 0.25) is 5.95 Å². The molecule has 0 bridgehead atoms. The Balaban J connectivity index is 1.70. The number of carbonyl (C=O) groups excluding carboxylic acids is 2. The van der Waals surface area contributed by atoms with Gasteiger partial charge in [-0.05, 0) is 87.4 Å². The number of imide groups is 1. The second-order valence-electron chi connectivity index (χ2n) is 8.24. The highest BCUT2D eigenvalue weighted by atomic mass is 35.5.